The second kappa shape index (κ2) is 4.36. The summed E-state index contributed by atoms with van der Waals surface area (Å²) in [6.45, 7) is -0.0811. The molecule has 0 unspecified atom stereocenters. The highest BCUT2D eigenvalue weighted by Crippen LogP contribution is 2.39. The van der Waals surface area contributed by atoms with Gasteiger partial charge in [-0.25, -0.2) is 4.79 Å². The fourth-order valence-corrected chi connectivity index (χ4v) is 1.76. The van der Waals surface area contributed by atoms with E-state index in [1.165, 1.54) is 25.3 Å². The summed E-state index contributed by atoms with van der Waals surface area (Å²) in [5.74, 6) is -0.602. The van der Waals surface area contributed by atoms with Gasteiger partial charge in [-0.1, -0.05) is 6.07 Å². The Bertz CT molecular complexity index is 565. The maximum Gasteiger partial charge on any atom is 0.340 e. The van der Waals surface area contributed by atoms with Crippen molar-refractivity contribution in [3.05, 3.63) is 39.6 Å². The molecular formula is C11H10N2O5. The molecule has 0 bridgehead atoms. The molecule has 1 aliphatic rings. The summed E-state index contributed by atoms with van der Waals surface area (Å²) in [7, 11) is 1.22. The third-order valence-corrected chi connectivity index (χ3v) is 2.54. The molecule has 0 spiro atoms. The van der Waals surface area contributed by atoms with Gasteiger partial charge < -0.3 is 15.2 Å². The Kier molecular flexibility index (Phi) is 2.88. The zero-order chi connectivity index (χ0) is 13.3. The quantitative estimate of drug-likeness (QED) is 0.473. The number of carbonyl (C=O) groups is 1. The number of rotatable bonds is 2. The standard InChI is InChI=1S/C11H10N2O5/c1-17-11(14)9-6-3-2-4-8(13(15)16)10(6)18-5-7(9)12/h2-4H,5,12H2,1H3. The normalized spacial score (nSPS) is 13.6. The number of hydrogen-bond acceptors (Lipinski definition) is 6. The average Bonchev–Trinajstić information content (AvgIpc) is 2.36. The molecule has 0 aliphatic carbocycles. The number of methoxy groups -OCH3 is 1. The van der Waals surface area contributed by atoms with Crippen LogP contribution in [0.15, 0.2) is 23.9 Å². The lowest BCUT2D eigenvalue weighted by Crippen LogP contribution is -2.22. The van der Waals surface area contributed by atoms with Crippen LogP contribution in [-0.2, 0) is 9.53 Å². The second-order valence-electron chi connectivity index (χ2n) is 3.59. The number of nitro benzene ring substituents is 1. The van der Waals surface area contributed by atoms with E-state index in [4.69, 9.17) is 10.5 Å². The number of fused-ring (bicyclic) bond motifs is 1. The third-order valence-electron chi connectivity index (χ3n) is 2.54. The summed E-state index contributed by atoms with van der Waals surface area (Å²) < 4.78 is 9.84. The molecule has 94 valence electrons. The van der Waals surface area contributed by atoms with Crippen molar-refractivity contribution in [2.24, 2.45) is 5.73 Å². The number of nitro groups is 1. The molecule has 0 saturated carbocycles. The molecule has 7 heteroatoms. The number of ether oxygens (including phenoxy) is 2. The minimum atomic E-state index is -0.641. The Morgan fingerprint density at radius 3 is 2.89 bits per heavy atom. The zero-order valence-corrected chi connectivity index (χ0v) is 9.50. The summed E-state index contributed by atoms with van der Waals surface area (Å²) >= 11 is 0. The van der Waals surface area contributed by atoms with Gasteiger partial charge in [-0.2, -0.15) is 0 Å². The topological polar surface area (TPSA) is 105 Å². The summed E-state index contributed by atoms with van der Waals surface area (Å²) in [5.41, 5.74) is 6.05. The smallest absolute Gasteiger partial charge is 0.340 e. The maximum atomic E-state index is 11.6. The Hall–Kier alpha value is -2.57. The highest BCUT2D eigenvalue weighted by atomic mass is 16.6. The van der Waals surface area contributed by atoms with E-state index < -0.39 is 10.9 Å². The summed E-state index contributed by atoms with van der Waals surface area (Å²) in [5, 5.41) is 10.9. The minimum absolute atomic E-state index is 0.0390. The van der Waals surface area contributed by atoms with Gasteiger partial charge in [0.2, 0.25) is 5.75 Å². The molecule has 7 nitrogen and oxygen atoms in total. The predicted molar refractivity (Wildman–Crippen MR) is 61.7 cm³/mol. The molecule has 18 heavy (non-hydrogen) atoms. The van der Waals surface area contributed by atoms with Crippen molar-refractivity contribution in [2.45, 2.75) is 0 Å². The number of para-hydroxylation sites is 1. The van der Waals surface area contributed by atoms with Crippen LogP contribution in [0.5, 0.6) is 5.75 Å². The van der Waals surface area contributed by atoms with Gasteiger partial charge in [0.25, 0.3) is 0 Å². The fourth-order valence-electron chi connectivity index (χ4n) is 1.76. The van der Waals surface area contributed by atoms with Crippen molar-refractivity contribution >= 4 is 17.2 Å². The maximum absolute atomic E-state index is 11.6. The van der Waals surface area contributed by atoms with Crippen molar-refractivity contribution in [1.82, 2.24) is 0 Å². The second-order valence-corrected chi connectivity index (χ2v) is 3.59. The van der Waals surface area contributed by atoms with Crippen molar-refractivity contribution in [3.8, 4) is 5.75 Å². The summed E-state index contributed by atoms with van der Waals surface area (Å²) in [4.78, 5) is 21.9. The molecule has 1 heterocycles. The van der Waals surface area contributed by atoms with Crippen LogP contribution < -0.4 is 10.5 Å². The van der Waals surface area contributed by atoms with Crippen LogP contribution in [0.25, 0.3) is 5.57 Å². The molecule has 0 atom stereocenters. The molecule has 1 aromatic carbocycles. The number of nitrogens with zero attached hydrogens (tertiary/aromatic N) is 1. The van der Waals surface area contributed by atoms with Crippen LogP contribution in [0.2, 0.25) is 0 Å². The van der Waals surface area contributed by atoms with E-state index in [-0.39, 0.29) is 34.9 Å². The van der Waals surface area contributed by atoms with E-state index in [1.807, 2.05) is 0 Å². The minimum Gasteiger partial charge on any atom is -0.480 e. The SMILES string of the molecule is COC(=O)C1=C(N)COc2c1cccc2[N+](=O)[O-]. The number of carbonyl (C=O) groups excluding carboxylic acids is 1. The van der Waals surface area contributed by atoms with Crippen LogP contribution in [0.4, 0.5) is 5.69 Å². The van der Waals surface area contributed by atoms with Crippen LogP contribution in [0.1, 0.15) is 5.56 Å². The molecule has 0 aromatic heterocycles. The Balaban J connectivity index is 2.65. The first-order valence-electron chi connectivity index (χ1n) is 5.03. The molecule has 0 amide bonds. The van der Waals surface area contributed by atoms with Crippen LogP contribution in [0.3, 0.4) is 0 Å². The van der Waals surface area contributed by atoms with Gasteiger partial charge >= 0.3 is 11.7 Å². The number of hydrogen-bond donors (Lipinski definition) is 1. The van der Waals surface area contributed by atoms with Crippen molar-refractivity contribution in [2.75, 3.05) is 13.7 Å². The number of esters is 1. The molecule has 2 rings (SSSR count). The highest BCUT2D eigenvalue weighted by molar-refractivity contribution is 6.18. The third kappa shape index (κ3) is 1.75. The lowest BCUT2D eigenvalue weighted by molar-refractivity contribution is -0.385. The van der Waals surface area contributed by atoms with E-state index in [0.29, 0.717) is 0 Å². The average molecular weight is 250 g/mol. The Morgan fingerprint density at radius 1 is 1.56 bits per heavy atom. The lowest BCUT2D eigenvalue weighted by atomic mass is 10.00. The van der Waals surface area contributed by atoms with Gasteiger partial charge in [-0.05, 0) is 6.07 Å². The molecule has 1 aliphatic heterocycles. The van der Waals surface area contributed by atoms with Crippen molar-refractivity contribution < 1.29 is 19.2 Å². The van der Waals surface area contributed by atoms with Gasteiger partial charge in [0, 0.05) is 11.6 Å². The van der Waals surface area contributed by atoms with E-state index in [9.17, 15) is 14.9 Å². The first kappa shape index (κ1) is 11.9. The predicted octanol–water partition coefficient (Wildman–Crippen LogP) is 0.830. The Morgan fingerprint density at radius 2 is 2.28 bits per heavy atom. The van der Waals surface area contributed by atoms with Gasteiger partial charge in [-0.3, -0.25) is 10.1 Å². The molecule has 0 radical (unpaired) electrons. The summed E-state index contributed by atoms with van der Waals surface area (Å²) in [6.07, 6.45) is 0. The zero-order valence-electron chi connectivity index (χ0n) is 9.50. The molecule has 2 N–H and O–H groups in total. The fraction of sp³-hybridized carbons (Fsp3) is 0.182. The van der Waals surface area contributed by atoms with Gasteiger partial charge in [0.15, 0.2) is 0 Å². The van der Waals surface area contributed by atoms with Gasteiger partial charge in [-0.15, -0.1) is 0 Å². The van der Waals surface area contributed by atoms with Crippen LogP contribution in [0, 0.1) is 10.1 Å². The first-order chi connectivity index (χ1) is 8.56. The lowest BCUT2D eigenvalue weighted by Gasteiger charge is -2.20. The van der Waals surface area contributed by atoms with E-state index in [2.05, 4.69) is 4.74 Å². The highest BCUT2D eigenvalue weighted by Gasteiger charge is 2.30. The van der Waals surface area contributed by atoms with E-state index >= 15 is 0 Å². The first-order valence-corrected chi connectivity index (χ1v) is 5.03. The number of benzene rings is 1. The molecular weight excluding hydrogens is 240 g/mol. The van der Waals surface area contributed by atoms with E-state index in [1.54, 1.807) is 0 Å². The van der Waals surface area contributed by atoms with Crippen molar-refractivity contribution in [1.29, 1.82) is 0 Å². The van der Waals surface area contributed by atoms with Crippen molar-refractivity contribution in [3.63, 3.8) is 0 Å². The molecule has 0 fully saturated rings. The van der Waals surface area contributed by atoms with Crippen LogP contribution >= 0.6 is 0 Å². The largest absolute Gasteiger partial charge is 0.480 e. The van der Waals surface area contributed by atoms with Crippen LogP contribution in [-0.4, -0.2) is 24.6 Å². The summed E-state index contributed by atoms with van der Waals surface area (Å²) in [6, 6.07) is 4.29. The van der Waals surface area contributed by atoms with E-state index in [0.717, 1.165) is 0 Å². The molecule has 1 aromatic rings. The van der Waals surface area contributed by atoms with Gasteiger partial charge in [0.1, 0.15) is 6.61 Å². The number of nitrogens with two attached hydrogens (primary N) is 1. The molecule has 0 saturated heterocycles. The monoisotopic (exact) mass is 250 g/mol. The van der Waals surface area contributed by atoms with Gasteiger partial charge in [0.05, 0.1) is 23.3 Å². The Labute approximate surface area is 102 Å².